The Morgan fingerprint density at radius 3 is 2.03 bits per heavy atom. The molecular weight excluding hydrogens is 386 g/mol. The first-order valence-electron chi connectivity index (χ1n) is 9.98. The second-order valence-electron chi connectivity index (χ2n) is 7.67. The van der Waals surface area contributed by atoms with E-state index in [1.165, 1.54) is 0 Å². The van der Waals surface area contributed by atoms with Gasteiger partial charge in [0.15, 0.2) is 5.92 Å². The van der Waals surface area contributed by atoms with Crippen molar-refractivity contribution in [3.05, 3.63) is 48.0 Å². The number of nitrogens with one attached hydrogen (secondary N) is 1. The van der Waals surface area contributed by atoms with Crippen LogP contribution in [0.1, 0.15) is 46.2 Å². The molecular formula is C23H29NO6. The van der Waals surface area contributed by atoms with E-state index in [2.05, 4.69) is 5.32 Å². The molecule has 1 amide bonds. The summed E-state index contributed by atoms with van der Waals surface area (Å²) >= 11 is 0. The number of hydrogen-bond donors (Lipinski definition) is 1. The smallest absolute Gasteiger partial charge is 0.408 e. The van der Waals surface area contributed by atoms with Crippen molar-refractivity contribution in [2.24, 2.45) is 5.92 Å². The number of rotatable bonds is 7. The number of esters is 2. The topological polar surface area (TPSA) is 90.9 Å². The molecule has 162 valence electrons. The van der Waals surface area contributed by atoms with Crippen LogP contribution in [-0.4, -0.2) is 36.8 Å². The highest BCUT2D eigenvalue weighted by Crippen LogP contribution is 2.31. The van der Waals surface area contributed by atoms with Crippen LogP contribution in [0.25, 0.3) is 10.8 Å². The van der Waals surface area contributed by atoms with Gasteiger partial charge in [0.05, 0.1) is 19.3 Å². The third-order valence-electron chi connectivity index (χ3n) is 4.25. The van der Waals surface area contributed by atoms with E-state index in [9.17, 15) is 14.4 Å². The second-order valence-corrected chi connectivity index (χ2v) is 7.67. The zero-order valence-electron chi connectivity index (χ0n) is 18.1. The van der Waals surface area contributed by atoms with Gasteiger partial charge in [-0.15, -0.1) is 0 Å². The minimum atomic E-state index is -1.39. The Hall–Kier alpha value is -3.09. The maximum atomic E-state index is 12.8. The fraction of sp³-hybridized carbons (Fsp3) is 0.435. The van der Waals surface area contributed by atoms with Gasteiger partial charge in [0, 0.05) is 0 Å². The molecule has 2 aromatic rings. The standard InChI is InChI=1S/C23H29NO6/c1-6-28-20(25)18(21(26)29-7-2)19(24-22(27)30-23(3,4)5)17-14-10-12-15-11-8-9-13-16(15)17/h8-14,18-19H,6-7H2,1-5H3,(H,24,27). The van der Waals surface area contributed by atoms with Gasteiger partial charge in [0.1, 0.15) is 5.60 Å². The second kappa shape index (κ2) is 10.1. The summed E-state index contributed by atoms with van der Waals surface area (Å²) in [6.07, 6.45) is -0.751. The maximum absolute atomic E-state index is 12.8. The molecule has 0 heterocycles. The molecule has 0 saturated heterocycles. The average molecular weight is 415 g/mol. The van der Waals surface area contributed by atoms with Gasteiger partial charge >= 0.3 is 18.0 Å². The summed E-state index contributed by atoms with van der Waals surface area (Å²) in [6.45, 7) is 8.66. The molecule has 7 nitrogen and oxygen atoms in total. The first-order valence-corrected chi connectivity index (χ1v) is 9.98. The number of hydrogen-bond acceptors (Lipinski definition) is 6. The molecule has 1 unspecified atom stereocenters. The monoisotopic (exact) mass is 415 g/mol. The van der Waals surface area contributed by atoms with Crippen LogP contribution in [0.3, 0.4) is 0 Å². The SMILES string of the molecule is CCOC(=O)C(C(=O)OCC)C(NC(=O)OC(C)(C)C)c1cccc2ccccc12. The van der Waals surface area contributed by atoms with E-state index < -0.39 is 35.6 Å². The van der Waals surface area contributed by atoms with Crippen molar-refractivity contribution in [1.29, 1.82) is 0 Å². The van der Waals surface area contributed by atoms with Crippen molar-refractivity contribution in [3.8, 4) is 0 Å². The minimum Gasteiger partial charge on any atom is -0.465 e. The largest absolute Gasteiger partial charge is 0.465 e. The molecule has 7 heteroatoms. The summed E-state index contributed by atoms with van der Waals surface area (Å²) in [5.41, 5.74) is -0.165. The third kappa shape index (κ3) is 5.95. The summed E-state index contributed by atoms with van der Waals surface area (Å²) in [6, 6.07) is 11.9. The molecule has 1 N–H and O–H groups in total. The number of alkyl carbamates (subject to hydrolysis) is 1. The molecule has 0 aliphatic carbocycles. The highest BCUT2D eigenvalue weighted by molar-refractivity contribution is 5.98. The summed E-state index contributed by atoms with van der Waals surface area (Å²) in [4.78, 5) is 38.1. The number of fused-ring (bicyclic) bond motifs is 1. The third-order valence-corrected chi connectivity index (χ3v) is 4.25. The Labute approximate surface area is 176 Å². The number of carbonyl (C=O) groups excluding carboxylic acids is 3. The molecule has 0 saturated carbocycles. The molecule has 0 aliphatic rings. The van der Waals surface area contributed by atoms with Crippen molar-refractivity contribution in [2.75, 3.05) is 13.2 Å². The van der Waals surface area contributed by atoms with Crippen molar-refractivity contribution in [1.82, 2.24) is 5.32 Å². The van der Waals surface area contributed by atoms with Crippen molar-refractivity contribution in [2.45, 2.75) is 46.3 Å². The lowest BCUT2D eigenvalue weighted by Gasteiger charge is -2.28. The van der Waals surface area contributed by atoms with Gasteiger partial charge in [0.2, 0.25) is 0 Å². The van der Waals surface area contributed by atoms with Gasteiger partial charge in [-0.05, 0) is 51.0 Å². The van der Waals surface area contributed by atoms with Gasteiger partial charge in [-0.25, -0.2) is 4.79 Å². The fourth-order valence-corrected chi connectivity index (χ4v) is 3.13. The number of benzene rings is 2. The molecule has 0 spiro atoms. The van der Waals surface area contributed by atoms with E-state index in [-0.39, 0.29) is 13.2 Å². The Morgan fingerprint density at radius 2 is 1.47 bits per heavy atom. The Balaban J connectivity index is 2.59. The number of amides is 1. The highest BCUT2D eigenvalue weighted by atomic mass is 16.6. The van der Waals surface area contributed by atoms with E-state index in [4.69, 9.17) is 14.2 Å². The molecule has 0 fully saturated rings. The number of carbonyl (C=O) groups is 3. The summed E-state index contributed by atoms with van der Waals surface area (Å²) < 4.78 is 15.7. The van der Waals surface area contributed by atoms with Crippen LogP contribution in [0.5, 0.6) is 0 Å². The summed E-state index contributed by atoms with van der Waals surface area (Å²) in [7, 11) is 0. The summed E-state index contributed by atoms with van der Waals surface area (Å²) in [5.74, 6) is -2.93. The van der Waals surface area contributed by atoms with E-state index >= 15 is 0 Å². The molecule has 0 aromatic heterocycles. The maximum Gasteiger partial charge on any atom is 0.408 e. The van der Waals surface area contributed by atoms with Crippen LogP contribution in [0.4, 0.5) is 4.79 Å². The molecule has 0 aliphatic heterocycles. The average Bonchev–Trinajstić information content (AvgIpc) is 2.66. The highest BCUT2D eigenvalue weighted by Gasteiger charge is 2.40. The van der Waals surface area contributed by atoms with Gasteiger partial charge in [-0.1, -0.05) is 42.5 Å². The molecule has 2 aromatic carbocycles. The first kappa shape index (κ1) is 23.2. The van der Waals surface area contributed by atoms with Crippen LogP contribution in [-0.2, 0) is 23.8 Å². The van der Waals surface area contributed by atoms with Crippen LogP contribution in [0.2, 0.25) is 0 Å². The quantitative estimate of drug-likeness (QED) is 0.415. The molecule has 0 bridgehead atoms. The van der Waals surface area contributed by atoms with Crippen LogP contribution < -0.4 is 5.32 Å². The predicted octanol–water partition coefficient (Wildman–Crippen LogP) is 4.15. The molecule has 2 rings (SSSR count). The van der Waals surface area contributed by atoms with Crippen LogP contribution in [0.15, 0.2) is 42.5 Å². The predicted molar refractivity (Wildman–Crippen MR) is 113 cm³/mol. The van der Waals surface area contributed by atoms with Crippen LogP contribution in [0, 0.1) is 5.92 Å². The van der Waals surface area contributed by atoms with Gasteiger partial charge in [-0.2, -0.15) is 0 Å². The van der Waals surface area contributed by atoms with Gasteiger partial charge in [-0.3, -0.25) is 9.59 Å². The first-order chi connectivity index (χ1) is 14.2. The van der Waals surface area contributed by atoms with Crippen molar-refractivity contribution >= 4 is 28.8 Å². The summed E-state index contributed by atoms with van der Waals surface area (Å²) in [5, 5.41) is 4.39. The van der Waals surface area contributed by atoms with E-state index in [1.807, 2.05) is 30.3 Å². The number of ether oxygens (including phenoxy) is 3. The Morgan fingerprint density at radius 1 is 0.900 bits per heavy atom. The Bertz CT molecular complexity index is 879. The van der Waals surface area contributed by atoms with Gasteiger partial charge < -0.3 is 19.5 Å². The van der Waals surface area contributed by atoms with E-state index in [1.54, 1.807) is 46.8 Å². The minimum absolute atomic E-state index is 0.0867. The molecule has 0 radical (unpaired) electrons. The van der Waals surface area contributed by atoms with Crippen molar-refractivity contribution in [3.63, 3.8) is 0 Å². The molecule has 1 atom stereocenters. The van der Waals surface area contributed by atoms with Crippen molar-refractivity contribution < 1.29 is 28.6 Å². The lowest BCUT2D eigenvalue weighted by Crippen LogP contribution is -2.44. The lowest BCUT2D eigenvalue weighted by atomic mass is 9.89. The van der Waals surface area contributed by atoms with E-state index in [0.29, 0.717) is 5.56 Å². The van der Waals surface area contributed by atoms with Gasteiger partial charge in [0.25, 0.3) is 0 Å². The normalized spacial score (nSPS) is 12.3. The zero-order valence-corrected chi connectivity index (χ0v) is 18.1. The Kier molecular flexibility index (Phi) is 7.80. The molecule has 30 heavy (non-hydrogen) atoms. The lowest BCUT2D eigenvalue weighted by molar-refractivity contribution is -0.163. The van der Waals surface area contributed by atoms with E-state index in [0.717, 1.165) is 10.8 Å². The fourth-order valence-electron chi connectivity index (χ4n) is 3.13. The van der Waals surface area contributed by atoms with Crippen LogP contribution >= 0.6 is 0 Å². The zero-order chi connectivity index (χ0) is 22.3.